The third-order valence-corrected chi connectivity index (χ3v) is 5.39. The van der Waals surface area contributed by atoms with Gasteiger partial charge in [-0.05, 0) is 57.3 Å². The van der Waals surface area contributed by atoms with Crippen molar-refractivity contribution in [2.24, 2.45) is 16.5 Å². The molecule has 1 saturated heterocycles. The Labute approximate surface area is 184 Å². The summed E-state index contributed by atoms with van der Waals surface area (Å²) in [7, 11) is 2.19. The molecule has 32 heavy (non-hydrogen) atoms. The molecule has 9 heteroatoms. The van der Waals surface area contributed by atoms with Crippen molar-refractivity contribution in [1.29, 1.82) is 0 Å². The van der Waals surface area contributed by atoms with Crippen molar-refractivity contribution in [2.45, 2.75) is 25.4 Å². The zero-order valence-corrected chi connectivity index (χ0v) is 17.8. The second-order valence-corrected chi connectivity index (χ2v) is 7.76. The van der Waals surface area contributed by atoms with Gasteiger partial charge in [-0.3, -0.25) is 14.8 Å². The van der Waals surface area contributed by atoms with Crippen molar-refractivity contribution in [3.05, 3.63) is 70.6 Å². The number of carbonyl (C=O) groups is 1. The summed E-state index contributed by atoms with van der Waals surface area (Å²) in [6.45, 7) is 2.86. The number of hydrogen-bond acceptors (Lipinski definition) is 5. The molecule has 170 valence electrons. The quantitative estimate of drug-likeness (QED) is 0.740. The van der Waals surface area contributed by atoms with Gasteiger partial charge >= 0.3 is 6.18 Å². The molecule has 1 fully saturated rings. The van der Waals surface area contributed by atoms with E-state index in [0.29, 0.717) is 22.5 Å². The summed E-state index contributed by atoms with van der Waals surface area (Å²) in [5.41, 5.74) is 12.3. The van der Waals surface area contributed by atoms with E-state index in [1.165, 1.54) is 50.8 Å². The predicted molar refractivity (Wildman–Crippen MR) is 118 cm³/mol. The Balaban J connectivity index is 0.000000352. The molecule has 1 amide bonds. The van der Waals surface area contributed by atoms with Crippen LogP contribution in [-0.4, -0.2) is 48.2 Å². The molecule has 3 heterocycles. The lowest BCUT2D eigenvalue weighted by molar-refractivity contribution is -0.137. The van der Waals surface area contributed by atoms with Gasteiger partial charge < -0.3 is 16.4 Å². The second-order valence-electron chi connectivity index (χ2n) is 7.76. The molecule has 6 nitrogen and oxygen atoms in total. The Morgan fingerprint density at radius 3 is 2.38 bits per heavy atom. The van der Waals surface area contributed by atoms with E-state index in [1.54, 1.807) is 12.1 Å². The highest BCUT2D eigenvalue weighted by Crippen LogP contribution is 2.32. The Hall–Kier alpha value is -3.20. The van der Waals surface area contributed by atoms with Crippen molar-refractivity contribution < 1.29 is 18.0 Å². The number of primary amides is 1. The number of piperidine rings is 1. The van der Waals surface area contributed by atoms with E-state index in [-0.39, 0.29) is 17.7 Å². The van der Waals surface area contributed by atoms with Crippen molar-refractivity contribution in [2.75, 3.05) is 26.7 Å². The van der Waals surface area contributed by atoms with Crippen molar-refractivity contribution in [1.82, 2.24) is 9.88 Å². The van der Waals surface area contributed by atoms with Crippen LogP contribution in [-0.2, 0) is 6.18 Å². The number of hydrogen-bond donors (Lipinski definition) is 2. The van der Waals surface area contributed by atoms with E-state index in [2.05, 4.69) is 21.9 Å². The Morgan fingerprint density at radius 1 is 1.06 bits per heavy atom. The van der Waals surface area contributed by atoms with Crippen LogP contribution in [0.15, 0.2) is 47.7 Å². The molecule has 0 unspecified atom stereocenters. The van der Waals surface area contributed by atoms with Gasteiger partial charge in [0.05, 0.1) is 17.8 Å². The maximum atomic E-state index is 12.9. The molecule has 4 rings (SSSR count). The number of carbonyl (C=O) groups excluding carboxylic acids is 1. The number of benzene rings is 1. The van der Waals surface area contributed by atoms with Crippen molar-refractivity contribution in [3.63, 3.8) is 0 Å². The number of pyridine rings is 1. The van der Waals surface area contributed by atoms with Gasteiger partial charge in [-0.1, -0.05) is 12.5 Å². The highest BCUT2D eigenvalue weighted by atomic mass is 19.4. The predicted octanol–water partition coefficient (Wildman–Crippen LogP) is 3.45. The molecule has 0 radical (unpaired) electrons. The van der Waals surface area contributed by atoms with E-state index >= 15 is 0 Å². The molecular weight excluding hydrogens is 419 g/mol. The number of amides is 1. The van der Waals surface area contributed by atoms with E-state index in [1.807, 2.05) is 0 Å². The summed E-state index contributed by atoms with van der Waals surface area (Å²) in [5, 5.41) is 0. The monoisotopic (exact) mass is 445 g/mol. The average Bonchev–Trinajstić information content (AvgIpc) is 2.93. The number of nitrogens with two attached hydrogens (primary N) is 2. The van der Waals surface area contributed by atoms with E-state index in [9.17, 15) is 18.0 Å². The zero-order valence-electron chi connectivity index (χ0n) is 17.8. The normalized spacial score (nSPS) is 16.6. The Morgan fingerprint density at radius 2 is 1.78 bits per heavy atom. The summed E-state index contributed by atoms with van der Waals surface area (Å²) in [6.07, 6.45) is 4.41. The maximum absolute atomic E-state index is 12.9. The second kappa shape index (κ2) is 9.95. The fourth-order valence-corrected chi connectivity index (χ4v) is 3.67. The highest BCUT2D eigenvalue weighted by Gasteiger charge is 2.32. The van der Waals surface area contributed by atoms with Crippen LogP contribution >= 0.6 is 0 Å². The number of aromatic nitrogens is 1. The standard InChI is InChI=1S/C17H13F3N4O.C6H13N/c18-17(19,20)9-1-2-10(12(7-9)16(22)25)15-11-3-5-23-8-13(11)14(21)4-6-24-15;1-7-5-3-2-4-6-7/h1-5,7-8H,6,21H2,(H2,22,25);2-6H2,1H3. The van der Waals surface area contributed by atoms with Crippen LogP contribution < -0.4 is 11.5 Å². The summed E-state index contributed by atoms with van der Waals surface area (Å²) in [4.78, 5) is 22.5. The number of likely N-dealkylation sites (tertiary alicyclic amines) is 1. The molecule has 2 aliphatic rings. The van der Waals surface area contributed by atoms with Crippen molar-refractivity contribution in [3.8, 4) is 0 Å². The van der Waals surface area contributed by atoms with Crippen LogP contribution in [0.25, 0.3) is 5.70 Å². The molecule has 2 aromatic rings. The van der Waals surface area contributed by atoms with Crippen molar-refractivity contribution >= 4 is 17.3 Å². The summed E-state index contributed by atoms with van der Waals surface area (Å²) in [6, 6.07) is 4.48. The molecule has 2 aliphatic heterocycles. The molecule has 4 N–H and O–H groups in total. The lowest BCUT2D eigenvalue weighted by Gasteiger charge is -2.20. The Bertz CT molecular complexity index is 1040. The highest BCUT2D eigenvalue weighted by molar-refractivity contribution is 6.20. The van der Waals surface area contributed by atoms with Gasteiger partial charge in [0.1, 0.15) is 0 Å². The minimum Gasteiger partial charge on any atom is -0.398 e. The summed E-state index contributed by atoms with van der Waals surface area (Å²) >= 11 is 0. The molecule has 1 aromatic carbocycles. The van der Waals surface area contributed by atoms with Gasteiger partial charge in [0.15, 0.2) is 0 Å². The third-order valence-electron chi connectivity index (χ3n) is 5.39. The first-order chi connectivity index (χ1) is 15.2. The van der Waals surface area contributed by atoms with Gasteiger partial charge in [-0.15, -0.1) is 0 Å². The Kier molecular flexibility index (Phi) is 7.29. The zero-order chi connectivity index (χ0) is 23.3. The van der Waals surface area contributed by atoms with E-state index < -0.39 is 17.6 Å². The lowest BCUT2D eigenvalue weighted by atomic mass is 9.93. The summed E-state index contributed by atoms with van der Waals surface area (Å²) < 4.78 is 38.8. The number of fused-ring (bicyclic) bond motifs is 1. The third kappa shape index (κ3) is 5.53. The first-order valence-corrected chi connectivity index (χ1v) is 10.3. The lowest BCUT2D eigenvalue weighted by Crippen LogP contribution is -2.24. The van der Waals surface area contributed by atoms with Gasteiger partial charge in [-0.25, -0.2) is 0 Å². The fourth-order valence-electron chi connectivity index (χ4n) is 3.67. The van der Waals surface area contributed by atoms with Gasteiger partial charge in [0.2, 0.25) is 5.91 Å². The molecule has 1 aromatic heterocycles. The molecule has 0 spiro atoms. The van der Waals surface area contributed by atoms with Gasteiger partial charge in [0, 0.05) is 40.3 Å². The molecule has 0 saturated carbocycles. The number of alkyl halides is 3. The number of aliphatic imine (C=N–C) groups is 1. The fraction of sp³-hybridized carbons (Fsp3) is 0.348. The van der Waals surface area contributed by atoms with Crippen LogP contribution in [0.1, 0.15) is 51.9 Å². The minimum absolute atomic E-state index is 0.217. The largest absolute Gasteiger partial charge is 0.416 e. The van der Waals surface area contributed by atoms with E-state index in [0.717, 1.165) is 12.1 Å². The number of rotatable bonds is 2. The first kappa shape index (κ1) is 23.5. The number of nitrogens with zero attached hydrogens (tertiary/aromatic N) is 3. The van der Waals surface area contributed by atoms with E-state index in [4.69, 9.17) is 11.5 Å². The van der Waals surface area contributed by atoms with Gasteiger partial charge in [0.25, 0.3) is 0 Å². The molecule has 0 aliphatic carbocycles. The average molecular weight is 445 g/mol. The van der Waals surface area contributed by atoms with Crippen LogP contribution in [0.5, 0.6) is 0 Å². The van der Waals surface area contributed by atoms with Gasteiger partial charge in [-0.2, -0.15) is 13.2 Å². The van der Waals surface area contributed by atoms with Crippen LogP contribution in [0.4, 0.5) is 13.2 Å². The van der Waals surface area contributed by atoms with Crippen LogP contribution in [0, 0.1) is 0 Å². The number of halogens is 3. The van der Waals surface area contributed by atoms with Crippen LogP contribution in [0.2, 0.25) is 0 Å². The first-order valence-electron chi connectivity index (χ1n) is 10.3. The smallest absolute Gasteiger partial charge is 0.398 e. The van der Waals surface area contributed by atoms with Crippen LogP contribution in [0.3, 0.4) is 0 Å². The topological polar surface area (TPSA) is 97.6 Å². The summed E-state index contributed by atoms with van der Waals surface area (Å²) in [5.74, 6) is -0.968. The molecule has 0 atom stereocenters. The molecule has 0 bridgehead atoms. The SMILES string of the molecule is CN1CCCCC1.NC(=O)c1cc(C(F)(F)F)ccc1C1=NCC=C(N)c2cnccc21. The maximum Gasteiger partial charge on any atom is 0.416 e. The molecular formula is C23H26F3N5O. The minimum atomic E-state index is -4.58.